The van der Waals surface area contributed by atoms with Crippen LogP contribution >= 0.6 is 0 Å². The van der Waals surface area contributed by atoms with Crippen molar-refractivity contribution in [3.8, 4) is 0 Å². The molecular weight excluding hydrogens is 368 g/mol. The van der Waals surface area contributed by atoms with Gasteiger partial charge in [0.05, 0.1) is 0 Å². The second-order valence-corrected chi connectivity index (χ2v) is 6.58. The zero-order valence-corrected chi connectivity index (χ0v) is 15.7. The van der Waals surface area contributed by atoms with Crippen molar-refractivity contribution in [1.82, 2.24) is 19.9 Å². The maximum absolute atomic E-state index is 12.9. The summed E-state index contributed by atoms with van der Waals surface area (Å²) >= 11 is 0. The van der Waals surface area contributed by atoms with Crippen LogP contribution in [-0.2, 0) is 0 Å². The van der Waals surface area contributed by atoms with Gasteiger partial charge in [-0.05, 0) is 30.3 Å². The fraction of sp³-hybridized carbons (Fsp3) is 0.190. The second-order valence-electron chi connectivity index (χ2n) is 6.58. The van der Waals surface area contributed by atoms with Gasteiger partial charge in [-0.15, -0.1) is 0 Å². The quantitative estimate of drug-likeness (QED) is 0.736. The third-order valence-corrected chi connectivity index (χ3v) is 4.67. The number of amides is 2. The van der Waals surface area contributed by atoms with Crippen LogP contribution < -0.4 is 10.2 Å². The molecule has 0 radical (unpaired) electrons. The molecule has 0 spiro atoms. The van der Waals surface area contributed by atoms with Crippen LogP contribution in [0.4, 0.5) is 11.6 Å². The first-order valence-electron chi connectivity index (χ1n) is 9.34. The Balaban J connectivity index is 1.40. The summed E-state index contributed by atoms with van der Waals surface area (Å²) in [6.07, 6.45) is 4.90. The molecule has 2 aromatic heterocycles. The molecule has 29 heavy (non-hydrogen) atoms. The normalized spacial score (nSPS) is 13.8. The number of piperazine rings is 1. The molecule has 1 N–H and O–H groups in total. The van der Waals surface area contributed by atoms with E-state index < -0.39 is 0 Å². The predicted octanol–water partition coefficient (Wildman–Crippen LogP) is 2.09. The highest BCUT2D eigenvalue weighted by molar-refractivity contribution is 6.04. The summed E-state index contributed by atoms with van der Waals surface area (Å²) in [6.45, 7) is 2.43. The van der Waals surface area contributed by atoms with Gasteiger partial charge in [0.1, 0.15) is 5.69 Å². The van der Waals surface area contributed by atoms with E-state index in [0.29, 0.717) is 43.4 Å². The fourth-order valence-electron chi connectivity index (χ4n) is 3.15. The zero-order chi connectivity index (χ0) is 20.1. The summed E-state index contributed by atoms with van der Waals surface area (Å²) in [5.41, 5.74) is 1.33. The molecular formula is C21H20N6O2. The lowest BCUT2D eigenvalue weighted by molar-refractivity contribution is 0.0746. The maximum Gasteiger partial charge on any atom is 0.274 e. The average molecular weight is 388 g/mol. The van der Waals surface area contributed by atoms with E-state index in [9.17, 15) is 9.59 Å². The molecule has 0 saturated carbocycles. The summed E-state index contributed by atoms with van der Waals surface area (Å²) in [4.78, 5) is 41.8. The molecule has 146 valence electrons. The van der Waals surface area contributed by atoms with Crippen molar-refractivity contribution >= 4 is 23.5 Å². The van der Waals surface area contributed by atoms with Gasteiger partial charge in [0.15, 0.2) is 0 Å². The first-order chi connectivity index (χ1) is 14.2. The van der Waals surface area contributed by atoms with Crippen molar-refractivity contribution in [3.63, 3.8) is 0 Å². The molecule has 1 aromatic carbocycles. The lowest BCUT2D eigenvalue weighted by Gasteiger charge is -2.34. The molecule has 3 aromatic rings. The Morgan fingerprint density at radius 1 is 0.828 bits per heavy atom. The molecule has 0 aliphatic carbocycles. The summed E-state index contributed by atoms with van der Waals surface area (Å²) < 4.78 is 0. The monoisotopic (exact) mass is 388 g/mol. The van der Waals surface area contributed by atoms with Crippen LogP contribution in [0.15, 0.2) is 67.1 Å². The lowest BCUT2D eigenvalue weighted by atomic mass is 10.1. The number of para-hydroxylation sites is 1. The Labute approximate surface area is 168 Å². The summed E-state index contributed by atoms with van der Waals surface area (Å²) in [5, 5.41) is 2.78. The minimum absolute atomic E-state index is 0.116. The van der Waals surface area contributed by atoms with Gasteiger partial charge in [0.2, 0.25) is 5.95 Å². The Morgan fingerprint density at radius 3 is 2.28 bits per heavy atom. The van der Waals surface area contributed by atoms with E-state index in [2.05, 4.69) is 25.2 Å². The van der Waals surface area contributed by atoms with E-state index in [0.717, 1.165) is 0 Å². The number of pyridine rings is 1. The minimum atomic E-state index is -0.350. The van der Waals surface area contributed by atoms with E-state index in [1.165, 1.54) is 12.3 Å². The Morgan fingerprint density at radius 2 is 1.55 bits per heavy atom. The minimum Gasteiger partial charge on any atom is -0.337 e. The van der Waals surface area contributed by atoms with Gasteiger partial charge < -0.3 is 15.1 Å². The van der Waals surface area contributed by atoms with Crippen molar-refractivity contribution in [2.45, 2.75) is 0 Å². The zero-order valence-electron chi connectivity index (χ0n) is 15.7. The van der Waals surface area contributed by atoms with Gasteiger partial charge in [-0.1, -0.05) is 18.2 Å². The van der Waals surface area contributed by atoms with Crippen molar-refractivity contribution in [1.29, 1.82) is 0 Å². The number of nitrogens with one attached hydrogen (secondary N) is 1. The SMILES string of the molecule is O=C(Nc1ccccc1)c1cc(C(=O)N2CCN(c3ncccn3)CC2)ccn1. The number of benzene rings is 1. The first-order valence-corrected chi connectivity index (χ1v) is 9.34. The van der Waals surface area contributed by atoms with Crippen LogP contribution in [0.1, 0.15) is 20.8 Å². The molecule has 0 bridgehead atoms. The van der Waals surface area contributed by atoms with Crippen LogP contribution in [0.25, 0.3) is 0 Å². The molecule has 1 fully saturated rings. The summed E-state index contributed by atoms with van der Waals surface area (Å²) in [5.74, 6) is 0.204. The van der Waals surface area contributed by atoms with E-state index in [-0.39, 0.29) is 17.5 Å². The van der Waals surface area contributed by atoms with Crippen molar-refractivity contribution in [3.05, 3.63) is 78.4 Å². The second kappa shape index (κ2) is 8.47. The molecule has 4 rings (SSSR count). The first kappa shape index (κ1) is 18.5. The van der Waals surface area contributed by atoms with Gasteiger partial charge in [-0.2, -0.15) is 0 Å². The van der Waals surface area contributed by atoms with Crippen molar-refractivity contribution in [2.24, 2.45) is 0 Å². The highest BCUT2D eigenvalue weighted by Crippen LogP contribution is 2.14. The van der Waals surface area contributed by atoms with Gasteiger partial charge in [-0.25, -0.2) is 9.97 Å². The average Bonchev–Trinajstić information content (AvgIpc) is 2.80. The largest absolute Gasteiger partial charge is 0.337 e. The number of carbonyl (C=O) groups is 2. The lowest BCUT2D eigenvalue weighted by Crippen LogP contribution is -2.49. The number of hydrogen-bond acceptors (Lipinski definition) is 6. The van der Waals surface area contributed by atoms with Crippen molar-refractivity contribution < 1.29 is 9.59 Å². The van der Waals surface area contributed by atoms with Crippen LogP contribution in [0.2, 0.25) is 0 Å². The van der Waals surface area contributed by atoms with Gasteiger partial charge in [-0.3, -0.25) is 14.6 Å². The molecule has 0 atom stereocenters. The van der Waals surface area contributed by atoms with E-state index >= 15 is 0 Å². The van der Waals surface area contributed by atoms with E-state index in [4.69, 9.17) is 0 Å². The van der Waals surface area contributed by atoms with Crippen LogP contribution in [0.5, 0.6) is 0 Å². The smallest absolute Gasteiger partial charge is 0.274 e. The summed E-state index contributed by atoms with van der Waals surface area (Å²) in [6, 6.07) is 14.1. The molecule has 0 unspecified atom stereocenters. The number of nitrogens with zero attached hydrogens (tertiary/aromatic N) is 5. The van der Waals surface area contributed by atoms with Crippen LogP contribution in [0.3, 0.4) is 0 Å². The third-order valence-electron chi connectivity index (χ3n) is 4.67. The Kier molecular flexibility index (Phi) is 5.42. The Hall–Kier alpha value is -3.81. The Bertz CT molecular complexity index is 988. The highest BCUT2D eigenvalue weighted by atomic mass is 16.2. The maximum atomic E-state index is 12.9. The predicted molar refractivity (Wildman–Crippen MR) is 109 cm³/mol. The van der Waals surface area contributed by atoms with Gasteiger partial charge in [0.25, 0.3) is 11.8 Å². The molecule has 2 amide bonds. The van der Waals surface area contributed by atoms with Crippen molar-refractivity contribution in [2.75, 3.05) is 36.4 Å². The molecule has 1 aliphatic heterocycles. The number of rotatable bonds is 4. The molecule has 1 aliphatic rings. The number of anilines is 2. The fourth-order valence-corrected chi connectivity index (χ4v) is 3.15. The van der Waals surface area contributed by atoms with E-state index in [1.54, 1.807) is 41.6 Å². The molecule has 3 heterocycles. The number of aromatic nitrogens is 3. The van der Waals surface area contributed by atoms with Crippen LogP contribution in [-0.4, -0.2) is 57.8 Å². The van der Waals surface area contributed by atoms with E-state index in [1.807, 2.05) is 18.2 Å². The number of hydrogen-bond donors (Lipinski definition) is 1. The molecule has 1 saturated heterocycles. The van der Waals surface area contributed by atoms with Gasteiger partial charge in [0, 0.05) is 56.0 Å². The summed E-state index contributed by atoms with van der Waals surface area (Å²) in [7, 11) is 0. The number of carbonyl (C=O) groups excluding carboxylic acids is 2. The van der Waals surface area contributed by atoms with Gasteiger partial charge >= 0.3 is 0 Å². The topological polar surface area (TPSA) is 91.3 Å². The molecule has 8 nitrogen and oxygen atoms in total. The molecule has 8 heteroatoms. The highest BCUT2D eigenvalue weighted by Gasteiger charge is 2.24. The third kappa shape index (κ3) is 4.37. The standard InChI is InChI=1S/C21H20N6O2/c28-19(25-17-5-2-1-3-6-17)18-15-16(7-10-22-18)20(29)26-11-13-27(14-12-26)21-23-8-4-9-24-21/h1-10,15H,11-14H2,(H,25,28). The van der Waals surface area contributed by atoms with Crippen LogP contribution in [0, 0.1) is 0 Å².